The summed E-state index contributed by atoms with van der Waals surface area (Å²) >= 11 is 6.86. The molecule has 1 heterocycles. The number of primary amides is 1. The topological polar surface area (TPSA) is 136 Å². The fourth-order valence-electron chi connectivity index (χ4n) is 2.65. The van der Waals surface area contributed by atoms with Crippen LogP contribution in [0.15, 0.2) is 24.3 Å². The number of benzene rings is 1. The Bertz CT molecular complexity index is 1040. The third-order valence-corrected chi connectivity index (χ3v) is 5.71. The van der Waals surface area contributed by atoms with Gasteiger partial charge in [0.25, 0.3) is 5.91 Å². The summed E-state index contributed by atoms with van der Waals surface area (Å²) in [5.41, 5.74) is 6.69. The number of methoxy groups -OCH3 is 1. The number of amides is 2. The number of nitrogens with two attached hydrogens (primary N) is 1. The van der Waals surface area contributed by atoms with Crippen molar-refractivity contribution in [3.05, 3.63) is 50.9 Å². The van der Waals surface area contributed by atoms with E-state index in [4.69, 9.17) is 32.0 Å². The number of nitrogens with one attached hydrogen (secondary N) is 1. The van der Waals surface area contributed by atoms with Gasteiger partial charge in [-0.15, -0.1) is 11.3 Å². The summed E-state index contributed by atoms with van der Waals surface area (Å²) in [6.45, 7) is 3.48. The molecule has 0 fully saturated rings. The van der Waals surface area contributed by atoms with Crippen molar-refractivity contribution in [2.45, 2.75) is 32.4 Å². The molecule has 2 rings (SSSR count). The number of anilines is 1. The highest BCUT2D eigenvalue weighted by molar-refractivity contribution is 7.18. The number of halogens is 4. The number of hydrogen-bond acceptors (Lipinski definition) is 6. The Morgan fingerprint density at radius 3 is 2.12 bits per heavy atom. The van der Waals surface area contributed by atoms with Crippen molar-refractivity contribution >= 4 is 51.7 Å². The molecule has 0 bridgehead atoms. The van der Waals surface area contributed by atoms with Gasteiger partial charge in [0.05, 0.1) is 23.5 Å². The lowest BCUT2D eigenvalue weighted by atomic mass is 9.95. The van der Waals surface area contributed by atoms with E-state index in [1.165, 1.54) is 7.11 Å². The molecule has 2 aromatic rings. The zero-order valence-corrected chi connectivity index (χ0v) is 19.2. The number of alkyl halides is 3. The van der Waals surface area contributed by atoms with Crippen molar-refractivity contribution in [1.29, 1.82) is 0 Å². The standard InChI is InChI=1S/C18H19ClN2O4S.C2HF3O2/c1-4-12(10-5-7-11(19)8-6-10)16(23)21-17-13(18(24)25-3)9(2)14(26-17)15(20)22;3-2(4,5)1(6)7/h5-8,12H,4H2,1-3H3,(H2,20,22)(H,21,23);(H,6,7). The van der Waals surface area contributed by atoms with Gasteiger partial charge in [-0.05, 0) is 36.6 Å². The molecule has 13 heteroatoms. The molecular weight excluding hydrogens is 489 g/mol. The maximum absolute atomic E-state index is 12.8. The van der Waals surface area contributed by atoms with Gasteiger partial charge in [0.15, 0.2) is 0 Å². The van der Waals surface area contributed by atoms with Crippen molar-refractivity contribution in [1.82, 2.24) is 0 Å². The van der Waals surface area contributed by atoms with Crippen LogP contribution >= 0.6 is 22.9 Å². The second-order valence-corrected chi connectivity index (χ2v) is 7.88. The summed E-state index contributed by atoms with van der Waals surface area (Å²) in [7, 11) is 1.23. The second kappa shape index (κ2) is 11.7. The van der Waals surface area contributed by atoms with Gasteiger partial charge in [-0.2, -0.15) is 13.2 Å². The lowest BCUT2D eigenvalue weighted by Gasteiger charge is -2.15. The van der Waals surface area contributed by atoms with E-state index in [-0.39, 0.29) is 21.3 Å². The molecule has 1 aromatic carbocycles. The molecule has 8 nitrogen and oxygen atoms in total. The average Bonchev–Trinajstić information content (AvgIpc) is 3.05. The number of rotatable bonds is 6. The van der Waals surface area contributed by atoms with Gasteiger partial charge in [-0.3, -0.25) is 9.59 Å². The quantitative estimate of drug-likeness (QED) is 0.496. The van der Waals surface area contributed by atoms with Crippen LogP contribution in [0.1, 0.15) is 50.4 Å². The van der Waals surface area contributed by atoms with Crippen molar-refractivity contribution in [3.63, 3.8) is 0 Å². The van der Waals surface area contributed by atoms with Crippen LogP contribution in [-0.4, -0.2) is 42.1 Å². The molecule has 0 saturated carbocycles. The number of hydrogen-bond donors (Lipinski definition) is 3. The van der Waals surface area contributed by atoms with Crippen molar-refractivity contribution in [2.24, 2.45) is 5.73 Å². The smallest absolute Gasteiger partial charge is 0.475 e. The zero-order valence-electron chi connectivity index (χ0n) is 17.6. The molecule has 180 valence electrons. The lowest BCUT2D eigenvalue weighted by molar-refractivity contribution is -0.192. The average molecular weight is 509 g/mol. The minimum atomic E-state index is -5.08. The van der Waals surface area contributed by atoms with Gasteiger partial charge in [-0.25, -0.2) is 9.59 Å². The van der Waals surface area contributed by atoms with E-state index < -0.39 is 29.9 Å². The van der Waals surface area contributed by atoms with Gasteiger partial charge < -0.3 is 20.9 Å². The molecule has 0 aliphatic heterocycles. The molecule has 1 atom stereocenters. The fraction of sp³-hybridized carbons (Fsp3) is 0.300. The molecule has 33 heavy (non-hydrogen) atoms. The van der Waals surface area contributed by atoms with E-state index in [0.717, 1.165) is 16.9 Å². The minimum Gasteiger partial charge on any atom is -0.475 e. The molecule has 2 amide bonds. The Balaban J connectivity index is 0.000000675. The van der Waals surface area contributed by atoms with Crippen LogP contribution < -0.4 is 11.1 Å². The number of thiophene rings is 1. The number of esters is 1. The van der Waals surface area contributed by atoms with Crippen LogP contribution in [0.5, 0.6) is 0 Å². The fourth-order valence-corrected chi connectivity index (χ4v) is 3.83. The summed E-state index contributed by atoms with van der Waals surface area (Å²) in [5.74, 6) is -4.79. The van der Waals surface area contributed by atoms with E-state index >= 15 is 0 Å². The number of aliphatic carboxylic acids is 1. The van der Waals surface area contributed by atoms with Crippen LogP contribution in [0.2, 0.25) is 5.02 Å². The first kappa shape index (κ1) is 27.9. The minimum absolute atomic E-state index is 0.144. The third kappa shape index (κ3) is 7.46. The van der Waals surface area contributed by atoms with E-state index in [1.807, 2.05) is 6.92 Å². The highest BCUT2D eigenvalue weighted by Gasteiger charge is 2.38. The Kier molecular flexibility index (Phi) is 9.86. The van der Waals surface area contributed by atoms with Gasteiger partial charge in [-0.1, -0.05) is 30.7 Å². The summed E-state index contributed by atoms with van der Waals surface area (Å²) < 4.78 is 36.5. The first-order valence-corrected chi connectivity index (χ1v) is 10.3. The normalized spacial score (nSPS) is 11.6. The summed E-state index contributed by atoms with van der Waals surface area (Å²) in [5, 5.41) is 10.7. The Labute approximate surface area is 195 Å². The lowest BCUT2D eigenvalue weighted by Crippen LogP contribution is -2.21. The van der Waals surface area contributed by atoms with Crippen LogP contribution in [-0.2, 0) is 14.3 Å². The second-order valence-electron chi connectivity index (χ2n) is 6.42. The SMILES string of the molecule is CCC(C(=O)Nc1sc(C(N)=O)c(C)c1C(=O)OC)c1ccc(Cl)cc1.O=C(O)C(F)(F)F. The van der Waals surface area contributed by atoms with Crippen molar-refractivity contribution < 1.29 is 42.2 Å². The van der Waals surface area contributed by atoms with E-state index in [0.29, 0.717) is 17.0 Å². The maximum Gasteiger partial charge on any atom is 0.490 e. The zero-order chi connectivity index (χ0) is 25.5. The number of ether oxygens (including phenoxy) is 1. The summed E-state index contributed by atoms with van der Waals surface area (Å²) in [6, 6.07) is 7.00. The first-order valence-electron chi connectivity index (χ1n) is 9.12. The van der Waals surface area contributed by atoms with E-state index in [9.17, 15) is 27.6 Å². The molecule has 0 saturated heterocycles. The van der Waals surface area contributed by atoms with Crippen LogP contribution in [0.4, 0.5) is 18.2 Å². The highest BCUT2D eigenvalue weighted by Crippen LogP contribution is 2.34. The predicted molar refractivity (Wildman–Crippen MR) is 116 cm³/mol. The Hall–Kier alpha value is -3.12. The monoisotopic (exact) mass is 508 g/mol. The van der Waals surface area contributed by atoms with Crippen LogP contribution in [0.3, 0.4) is 0 Å². The Morgan fingerprint density at radius 1 is 1.21 bits per heavy atom. The molecule has 0 aliphatic rings. The molecule has 4 N–H and O–H groups in total. The van der Waals surface area contributed by atoms with Gasteiger partial charge >= 0.3 is 18.1 Å². The van der Waals surface area contributed by atoms with E-state index in [1.54, 1.807) is 31.2 Å². The molecule has 1 aromatic heterocycles. The van der Waals surface area contributed by atoms with Crippen LogP contribution in [0, 0.1) is 6.92 Å². The molecule has 0 aliphatic carbocycles. The number of carbonyl (C=O) groups is 4. The van der Waals surface area contributed by atoms with E-state index in [2.05, 4.69) is 5.32 Å². The molecule has 1 unspecified atom stereocenters. The van der Waals surface area contributed by atoms with Crippen molar-refractivity contribution in [2.75, 3.05) is 12.4 Å². The van der Waals surface area contributed by atoms with Crippen LogP contribution in [0.25, 0.3) is 0 Å². The van der Waals surface area contributed by atoms with Gasteiger partial charge in [0, 0.05) is 5.02 Å². The number of carbonyl (C=O) groups excluding carboxylic acids is 3. The highest BCUT2D eigenvalue weighted by atomic mass is 35.5. The number of carboxylic acids is 1. The number of carboxylic acid groups (broad SMARTS) is 1. The van der Waals surface area contributed by atoms with Crippen molar-refractivity contribution in [3.8, 4) is 0 Å². The molecule has 0 radical (unpaired) electrons. The summed E-state index contributed by atoms with van der Waals surface area (Å²) in [4.78, 5) is 45.5. The molecular formula is C20H20ClF3N2O6S. The largest absolute Gasteiger partial charge is 0.490 e. The predicted octanol–water partition coefficient (Wildman–Crippen LogP) is 4.36. The summed E-state index contributed by atoms with van der Waals surface area (Å²) in [6.07, 6.45) is -4.53. The Morgan fingerprint density at radius 2 is 1.73 bits per heavy atom. The van der Waals surface area contributed by atoms with Gasteiger partial charge in [0.1, 0.15) is 5.00 Å². The van der Waals surface area contributed by atoms with Gasteiger partial charge in [0.2, 0.25) is 5.91 Å². The first-order chi connectivity index (χ1) is 15.2. The molecule has 0 spiro atoms. The maximum atomic E-state index is 12.8. The third-order valence-electron chi connectivity index (χ3n) is 4.24.